The molecule has 0 aliphatic carbocycles. The molecule has 0 unspecified atom stereocenters. The predicted octanol–water partition coefficient (Wildman–Crippen LogP) is 0.270. The van der Waals surface area contributed by atoms with Crippen LogP contribution in [0.25, 0.3) is 0 Å². The molecular weight excluding hydrogens is 160 g/mol. The van der Waals surface area contributed by atoms with Crippen molar-refractivity contribution < 1.29 is 14.3 Å². The Morgan fingerprint density at radius 3 is 3.00 bits per heavy atom. The van der Waals surface area contributed by atoms with E-state index in [0.717, 1.165) is 6.42 Å². The second-order valence-electron chi connectivity index (χ2n) is 2.48. The van der Waals surface area contributed by atoms with Gasteiger partial charge in [-0.05, 0) is 13.3 Å². The third-order valence-corrected chi connectivity index (χ3v) is 1.58. The summed E-state index contributed by atoms with van der Waals surface area (Å²) in [5, 5.41) is 1.29. The lowest BCUT2D eigenvalue weighted by molar-refractivity contribution is -0.130. The molecule has 1 N–H and O–H groups in total. The molecule has 0 spiro atoms. The topological polar surface area (TPSA) is 58.6 Å². The van der Waals surface area contributed by atoms with Gasteiger partial charge in [-0.25, -0.2) is 10.2 Å². The van der Waals surface area contributed by atoms with E-state index in [0.29, 0.717) is 19.6 Å². The summed E-state index contributed by atoms with van der Waals surface area (Å²) >= 11 is 0. The summed E-state index contributed by atoms with van der Waals surface area (Å²) < 4.78 is 4.61. The Hall–Kier alpha value is -1.26. The monoisotopic (exact) mass is 172 g/mol. The molecule has 68 valence electrons. The van der Waals surface area contributed by atoms with E-state index in [1.165, 1.54) is 5.01 Å². The number of carbonyl (C=O) groups is 2. The van der Waals surface area contributed by atoms with Crippen LogP contribution in [0.1, 0.15) is 19.8 Å². The molecule has 0 aromatic rings. The molecule has 0 aromatic carbocycles. The Morgan fingerprint density at radius 1 is 1.75 bits per heavy atom. The average Bonchev–Trinajstić information content (AvgIpc) is 2.37. The van der Waals surface area contributed by atoms with E-state index in [1.54, 1.807) is 6.92 Å². The van der Waals surface area contributed by atoms with Crippen molar-refractivity contribution in [2.75, 3.05) is 13.2 Å². The van der Waals surface area contributed by atoms with Gasteiger partial charge in [0.05, 0.1) is 6.61 Å². The van der Waals surface area contributed by atoms with Crippen molar-refractivity contribution in [2.45, 2.75) is 19.8 Å². The summed E-state index contributed by atoms with van der Waals surface area (Å²) in [5.41, 5.74) is 2.35. The SMILES string of the molecule is CCOC(=O)NN1CCCC1=O. The van der Waals surface area contributed by atoms with Crippen molar-refractivity contribution >= 4 is 12.0 Å². The summed E-state index contributed by atoms with van der Waals surface area (Å²) in [4.78, 5) is 21.8. The number of ether oxygens (including phenoxy) is 1. The normalized spacial score (nSPS) is 16.4. The van der Waals surface area contributed by atoms with Gasteiger partial charge in [-0.1, -0.05) is 0 Å². The number of rotatable bonds is 2. The highest BCUT2D eigenvalue weighted by Crippen LogP contribution is 2.05. The third kappa shape index (κ3) is 2.11. The van der Waals surface area contributed by atoms with Crippen LogP contribution in [0, 0.1) is 0 Å². The zero-order valence-electron chi connectivity index (χ0n) is 7.00. The molecule has 2 amide bonds. The Labute approximate surface area is 70.6 Å². The molecule has 1 aliphatic rings. The van der Waals surface area contributed by atoms with Crippen molar-refractivity contribution in [3.05, 3.63) is 0 Å². The van der Waals surface area contributed by atoms with Crippen molar-refractivity contribution in [1.82, 2.24) is 10.4 Å². The van der Waals surface area contributed by atoms with Gasteiger partial charge in [-0.3, -0.25) is 9.80 Å². The summed E-state index contributed by atoms with van der Waals surface area (Å²) in [6.07, 6.45) is 0.741. The van der Waals surface area contributed by atoms with Crippen LogP contribution in [-0.2, 0) is 9.53 Å². The van der Waals surface area contributed by atoms with Gasteiger partial charge in [0, 0.05) is 13.0 Å². The average molecular weight is 172 g/mol. The largest absolute Gasteiger partial charge is 0.449 e. The summed E-state index contributed by atoms with van der Waals surface area (Å²) in [6, 6.07) is 0. The highest BCUT2D eigenvalue weighted by Gasteiger charge is 2.21. The maximum atomic E-state index is 11.0. The molecule has 1 saturated heterocycles. The van der Waals surface area contributed by atoms with Crippen LogP contribution in [0.3, 0.4) is 0 Å². The van der Waals surface area contributed by atoms with Crippen LogP contribution < -0.4 is 5.43 Å². The number of carbonyl (C=O) groups excluding carboxylic acids is 2. The molecule has 0 aromatic heterocycles. The summed E-state index contributed by atoms with van der Waals surface area (Å²) in [5.74, 6) is -0.0527. The first-order valence-electron chi connectivity index (χ1n) is 3.98. The minimum absolute atomic E-state index is 0.0527. The number of nitrogens with one attached hydrogen (secondary N) is 1. The lowest BCUT2D eigenvalue weighted by Crippen LogP contribution is -2.43. The number of hydrogen-bond acceptors (Lipinski definition) is 3. The van der Waals surface area contributed by atoms with Crippen molar-refractivity contribution in [2.24, 2.45) is 0 Å². The van der Waals surface area contributed by atoms with Crippen LogP contribution in [0.5, 0.6) is 0 Å². The highest BCUT2D eigenvalue weighted by molar-refractivity contribution is 5.80. The number of hydrazine groups is 1. The Morgan fingerprint density at radius 2 is 2.50 bits per heavy atom. The van der Waals surface area contributed by atoms with Crippen molar-refractivity contribution in [1.29, 1.82) is 0 Å². The number of nitrogens with zero attached hydrogens (tertiary/aromatic N) is 1. The van der Waals surface area contributed by atoms with Gasteiger partial charge in [0.2, 0.25) is 5.91 Å². The smallest absolute Gasteiger partial charge is 0.426 e. The maximum Gasteiger partial charge on any atom is 0.426 e. The first kappa shape index (κ1) is 8.83. The summed E-state index contributed by atoms with van der Waals surface area (Å²) in [6.45, 7) is 2.61. The van der Waals surface area contributed by atoms with Crippen LogP contribution in [0.4, 0.5) is 4.79 Å². The van der Waals surface area contributed by atoms with Gasteiger partial charge in [0.1, 0.15) is 0 Å². The van der Waals surface area contributed by atoms with E-state index in [-0.39, 0.29) is 5.91 Å². The van der Waals surface area contributed by atoms with Crippen LogP contribution in [0.2, 0.25) is 0 Å². The van der Waals surface area contributed by atoms with Gasteiger partial charge < -0.3 is 4.74 Å². The Balaban J connectivity index is 2.30. The van der Waals surface area contributed by atoms with Crippen molar-refractivity contribution in [3.63, 3.8) is 0 Å². The van der Waals surface area contributed by atoms with E-state index in [4.69, 9.17) is 0 Å². The van der Waals surface area contributed by atoms with E-state index in [1.807, 2.05) is 0 Å². The fraction of sp³-hybridized carbons (Fsp3) is 0.714. The Bertz CT molecular complexity index is 193. The second-order valence-corrected chi connectivity index (χ2v) is 2.48. The molecule has 12 heavy (non-hydrogen) atoms. The standard InChI is InChI=1S/C7H12N2O3/c1-2-12-7(11)8-9-5-3-4-6(9)10/h2-5H2,1H3,(H,8,11). The molecule has 0 radical (unpaired) electrons. The zero-order chi connectivity index (χ0) is 8.97. The molecule has 5 heteroatoms. The van der Waals surface area contributed by atoms with E-state index in [2.05, 4.69) is 10.2 Å². The number of amides is 2. The highest BCUT2D eigenvalue weighted by atomic mass is 16.6. The maximum absolute atomic E-state index is 11.0. The van der Waals surface area contributed by atoms with Gasteiger partial charge in [0.25, 0.3) is 0 Å². The number of hydrogen-bond donors (Lipinski definition) is 1. The van der Waals surface area contributed by atoms with Gasteiger partial charge >= 0.3 is 6.09 Å². The second kappa shape index (κ2) is 3.94. The van der Waals surface area contributed by atoms with Crippen molar-refractivity contribution in [3.8, 4) is 0 Å². The first-order valence-corrected chi connectivity index (χ1v) is 3.98. The van der Waals surface area contributed by atoms with Gasteiger partial charge in [-0.2, -0.15) is 0 Å². The lowest BCUT2D eigenvalue weighted by atomic mass is 10.4. The van der Waals surface area contributed by atoms with Crippen LogP contribution in [-0.4, -0.2) is 30.2 Å². The molecule has 1 fully saturated rings. The summed E-state index contributed by atoms with van der Waals surface area (Å²) in [7, 11) is 0. The fourth-order valence-corrected chi connectivity index (χ4v) is 1.04. The Kier molecular flexibility index (Phi) is 2.90. The van der Waals surface area contributed by atoms with Gasteiger partial charge in [-0.15, -0.1) is 0 Å². The van der Waals surface area contributed by atoms with Crippen LogP contribution in [0.15, 0.2) is 0 Å². The molecule has 0 atom stereocenters. The fourth-order valence-electron chi connectivity index (χ4n) is 1.04. The van der Waals surface area contributed by atoms with E-state index >= 15 is 0 Å². The van der Waals surface area contributed by atoms with Gasteiger partial charge in [0.15, 0.2) is 0 Å². The molecule has 0 saturated carbocycles. The zero-order valence-corrected chi connectivity index (χ0v) is 7.00. The predicted molar refractivity (Wildman–Crippen MR) is 41.1 cm³/mol. The molecule has 1 heterocycles. The van der Waals surface area contributed by atoms with E-state index < -0.39 is 6.09 Å². The lowest BCUT2D eigenvalue weighted by Gasteiger charge is -2.15. The molecular formula is C7H12N2O3. The first-order chi connectivity index (χ1) is 5.74. The molecule has 0 bridgehead atoms. The van der Waals surface area contributed by atoms with Crippen LogP contribution >= 0.6 is 0 Å². The van der Waals surface area contributed by atoms with E-state index in [9.17, 15) is 9.59 Å². The minimum Gasteiger partial charge on any atom is -0.449 e. The third-order valence-electron chi connectivity index (χ3n) is 1.58. The quantitative estimate of drug-likeness (QED) is 0.650. The molecule has 1 rings (SSSR count). The minimum atomic E-state index is -0.562. The molecule has 5 nitrogen and oxygen atoms in total. The molecule has 1 aliphatic heterocycles.